The predicted molar refractivity (Wildman–Crippen MR) is 102 cm³/mol. The maximum atomic E-state index is 12.5. The first-order valence-corrected chi connectivity index (χ1v) is 11.3. The Balaban J connectivity index is 2.39. The lowest BCUT2D eigenvalue weighted by Gasteiger charge is -2.13. The highest BCUT2D eigenvalue weighted by molar-refractivity contribution is 7.92. The number of nitrogens with one attached hydrogen (secondary N) is 1. The molecule has 0 spiro atoms. The number of hydrogen-bond donors (Lipinski definition) is 1. The number of sulfonamides is 1. The van der Waals surface area contributed by atoms with Gasteiger partial charge in [-0.2, -0.15) is 0 Å². The molecule has 0 fully saturated rings. The SMILES string of the molecule is CCCCS(=O)(=O)c1cc(NS(=O)(=O)c2ccc(C)cc2)ccc1OC. The second kappa shape index (κ2) is 8.09. The molecule has 0 aliphatic rings. The normalized spacial score (nSPS) is 12.0. The van der Waals surface area contributed by atoms with Crippen LogP contribution in [-0.2, 0) is 19.9 Å². The van der Waals surface area contributed by atoms with Crippen LogP contribution >= 0.6 is 0 Å². The standard InChI is InChI=1S/C18H23NO5S2/c1-4-5-12-25(20,21)18-13-15(8-11-17(18)24-3)19-26(22,23)16-9-6-14(2)7-10-16/h6-11,13,19H,4-5,12H2,1-3H3. The molecule has 1 N–H and O–H groups in total. The molecule has 0 aromatic heterocycles. The molecule has 0 aliphatic heterocycles. The van der Waals surface area contributed by atoms with Gasteiger partial charge in [-0.1, -0.05) is 31.0 Å². The summed E-state index contributed by atoms with van der Waals surface area (Å²) in [5, 5.41) is 0. The number of benzene rings is 2. The molecule has 0 radical (unpaired) electrons. The number of ether oxygens (including phenoxy) is 1. The molecule has 6 nitrogen and oxygen atoms in total. The molecule has 0 bridgehead atoms. The number of unbranched alkanes of at least 4 members (excludes halogenated alkanes) is 1. The van der Waals surface area contributed by atoms with Crippen molar-refractivity contribution in [1.82, 2.24) is 0 Å². The summed E-state index contributed by atoms with van der Waals surface area (Å²) in [6.45, 7) is 3.76. The minimum atomic E-state index is -3.81. The van der Waals surface area contributed by atoms with Gasteiger partial charge in [0.05, 0.1) is 23.4 Å². The van der Waals surface area contributed by atoms with Crippen molar-refractivity contribution in [3.8, 4) is 5.75 Å². The van der Waals surface area contributed by atoms with Crippen LogP contribution in [0.1, 0.15) is 25.3 Å². The highest BCUT2D eigenvalue weighted by Crippen LogP contribution is 2.29. The second-order valence-corrected chi connectivity index (χ2v) is 9.72. The highest BCUT2D eigenvalue weighted by atomic mass is 32.2. The van der Waals surface area contributed by atoms with Crippen LogP contribution in [0.3, 0.4) is 0 Å². The largest absolute Gasteiger partial charge is 0.495 e. The van der Waals surface area contributed by atoms with Gasteiger partial charge < -0.3 is 4.74 Å². The molecule has 2 rings (SSSR count). The van der Waals surface area contributed by atoms with Gasteiger partial charge in [0.1, 0.15) is 10.6 Å². The lowest BCUT2D eigenvalue weighted by Crippen LogP contribution is -2.14. The van der Waals surface area contributed by atoms with E-state index in [4.69, 9.17) is 4.74 Å². The number of hydrogen-bond acceptors (Lipinski definition) is 5. The van der Waals surface area contributed by atoms with Crippen LogP contribution in [-0.4, -0.2) is 29.7 Å². The summed E-state index contributed by atoms with van der Waals surface area (Å²) in [6, 6.07) is 10.6. The molecule has 0 unspecified atom stereocenters. The Hall–Kier alpha value is -2.06. The smallest absolute Gasteiger partial charge is 0.261 e. The summed E-state index contributed by atoms with van der Waals surface area (Å²) in [4.78, 5) is 0.0897. The van der Waals surface area contributed by atoms with E-state index in [2.05, 4.69) is 4.72 Å². The third-order valence-electron chi connectivity index (χ3n) is 3.85. The van der Waals surface area contributed by atoms with Gasteiger partial charge in [0.15, 0.2) is 9.84 Å². The van der Waals surface area contributed by atoms with E-state index in [9.17, 15) is 16.8 Å². The molecule has 0 atom stereocenters. The maximum absolute atomic E-state index is 12.5. The summed E-state index contributed by atoms with van der Waals surface area (Å²) in [5.74, 6) is 0.174. The van der Waals surface area contributed by atoms with Gasteiger partial charge >= 0.3 is 0 Å². The molecule has 142 valence electrons. The van der Waals surface area contributed by atoms with E-state index in [1.165, 1.54) is 37.4 Å². The highest BCUT2D eigenvalue weighted by Gasteiger charge is 2.21. The van der Waals surface area contributed by atoms with Crippen LogP contribution in [0.4, 0.5) is 5.69 Å². The van der Waals surface area contributed by atoms with Crippen molar-refractivity contribution in [3.05, 3.63) is 48.0 Å². The Morgan fingerprint density at radius 1 is 1.00 bits per heavy atom. The number of methoxy groups -OCH3 is 1. The van der Waals surface area contributed by atoms with Gasteiger partial charge in [0, 0.05) is 0 Å². The number of rotatable bonds is 8. The molecule has 0 saturated heterocycles. The lowest BCUT2D eigenvalue weighted by atomic mass is 10.2. The number of sulfone groups is 1. The summed E-state index contributed by atoms with van der Waals surface area (Å²) in [7, 11) is -6.01. The van der Waals surface area contributed by atoms with Crippen molar-refractivity contribution in [2.45, 2.75) is 36.5 Å². The lowest BCUT2D eigenvalue weighted by molar-refractivity contribution is 0.403. The molecule has 0 aliphatic carbocycles. The fourth-order valence-electron chi connectivity index (χ4n) is 2.36. The topological polar surface area (TPSA) is 89.5 Å². The Labute approximate surface area is 155 Å². The molecule has 2 aromatic carbocycles. The van der Waals surface area contributed by atoms with Crippen molar-refractivity contribution in [3.63, 3.8) is 0 Å². The Morgan fingerprint density at radius 2 is 1.65 bits per heavy atom. The first kappa shape index (κ1) is 20.3. The average Bonchev–Trinajstić information content (AvgIpc) is 2.60. The van der Waals surface area contributed by atoms with Crippen molar-refractivity contribution in [2.24, 2.45) is 0 Å². The number of aryl methyl sites for hydroxylation is 1. The van der Waals surface area contributed by atoms with Crippen LogP contribution in [0, 0.1) is 6.92 Å². The molecule has 26 heavy (non-hydrogen) atoms. The van der Waals surface area contributed by atoms with E-state index in [-0.39, 0.29) is 27.0 Å². The van der Waals surface area contributed by atoms with Crippen molar-refractivity contribution in [1.29, 1.82) is 0 Å². The van der Waals surface area contributed by atoms with E-state index in [0.29, 0.717) is 6.42 Å². The fraction of sp³-hybridized carbons (Fsp3) is 0.333. The fourth-order valence-corrected chi connectivity index (χ4v) is 5.06. The molecule has 0 heterocycles. The maximum Gasteiger partial charge on any atom is 0.261 e. The van der Waals surface area contributed by atoms with Gasteiger partial charge in [-0.15, -0.1) is 0 Å². The van der Waals surface area contributed by atoms with E-state index < -0.39 is 19.9 Å². The van der Waals surface area contributed by atoms with Crippen LogP contribution in [0.2, 0.25) is 0 Å². The molecule has 0 saturated carbocycles. The van der Waals surface area contributed by atoms with E-state index in [0.717, 1.165) is 12.0 Å². The Kier molecular flexibility index (Phi) is 6.30. The van der Waals surface area contributed by atoms with Gasteiger partial charge in [0.25, 0.3) is 10.0 Å². The zero-order valence-electron chi connectivity index (χ0n) is 15.0. The van der Waals surface area contributed by atoms with Crippen LogP contribution in [0.25, 0.3) is 0 Å². The first-order valence-electron chi connectivity index (χ1n) is 8.20. The van der Waals surface area contributed by atoms with Gasteiger partial charge in [-0.3, -0.25) is 4.72 Å². The summed E-state index contributed by atoms with van der Waals surface area (Å²) in [6.07, 6.45) is 1.26. The van der Waals surface area contributed by atoms with Gasteiger partial charge in [-0.05, 0) is 43.7 Å². The quantitative estimate of drug-likeness (QED) is 0.737. The summed E-state index contributed by atoms with van der Waals surface area (Å²) in [5.41, 5.74) is 1.11. The van der Waals surface area contributed by atoms with Crippen molar-refractivity contribution in [2.75, 3.05) is 17.6 Å². The Bertz CT molecular complexity index is 965. The molecule has 0 amide bonds. The third-order valence-corrected chi connectivity index (χ3v) is 7.06. The average molecular weight is 398 g/mol. The van der Waals surface area contributed by atoms with Crippen LogP contribution in [0.15, 0.2) is 52.3 Å². The van der Waals surface area contributed by atoms with E-state index in [1.807, 2.05) is 13.8 Å². The van der Waals surface area contributed by atoms with E-state index >= 15 is 0 Å². The third kappa shape index (κ3) is 4.76. The van der Waals surface area contributed by atoms with Gasteiger partial charge in [-0.25, -0.2) is 16.8 Å². The monoisotopic (exact) mass is 397 g/mol. The predicted octanol–water partition coefficient (Wildman–Crippen LogP) is 3.38. The zero-order chi connectivity index (χ0) is 19.4. The number of anilines is 1. The molecular weight excluding hydrogens is 374 g/mol. The first-order chi connectivity index (χ1) is 12.2. The zero-order valence-corrected chi connectivity index (χ0v) is 16.7. The molecule has 2 aromatic rings. The van der Waals surface area contributed by atoms with Crippen molar-refractivity contribution >= 4 is 25.5 Å². The molecule has 8 heteroatoms. The molecular formula is C18H23NO5S2. The minimum absolute atomic E-state index is 0.0162. The van der Waals surface area contributed by atoms with Crippen molar-refractivity contribution < 1.29 is 21.6 Å². The summed E-state index contributed by atoms with van der Waals surface area (Å²) >= 11 is 0. The van der Waals surface area contributed by atoms with Crippen LogP contribution in [0.5, 0.6) is 5.75 Å². The minimum Gasteiger partial charge on any atom is -0.495 e. The Morgan fingerprint density at radius 3 is 2.23 bits per heavy atom. The second-order valence-electron chi connectivity index (χ2n) is 5.96. The van der Waals surface area contributed by atoms with Gasteiger partial charge in [0.2, 0.25) is 0 Å². The summed E-state index contributed by atoms with van der Waals surface area (Å²) < 4.78 is 57.7. The van der Waals surface area contributed by atoms with Crippen LogP contribution < -0.4 is 9.46 Å². The van der Waals surface area contributed by atoms with E-state index in [1.54, 1.807) is 12.1 Å².